The van der Waals surface area contributed by atoms with E-state index < -0.39 is 0 Å². The lowest BCUT2D eigenvalue weighted by molar-refractivity contribution is 0.106. The van der Waals surface area contributed by atoms with Gasteiger partial charge in [-0.2, -0.15) is 0 Å². The van der Waals surface area contributed by atoms with Gasteiger partial charge in [0.15, 0.2) is 11.5 Å². The number of cyclic esters (lactones) is 1. The number of rotatable bonds is 5. The highest BCUT2D eigenvalue weighted by Crippen LogP contribution is 2.35. The van der Waals surface area contributed by atoms with Gasteiger partial charge in [-0.25, -0.2) is 9.78 Å². The zero-order chi connectivity index (χ0) is 23.8. The SMILES string of the molecule is COc1ccc2nccc(N3CCN(C[C@H]4CN(c5ccc6c(c5)OCCO6)C(=O)O4)CC3)c2n1. The van der Waals surface area contributed by atoms with Crippen LogP contribution in [0.3, 0.4) is 0 Å². The molecule has 3 aliphatic heterocycles. The van der Waals surface area contributed by atoms with Crippen molar-refractivity contribution in [3.63, 3.8) is 0 Å². The van der Waals surface area contributed by atoms with E-state index in [0.29, 0.717) is 43.7 Å². The molecule has 1 amide bonds. The van der Waals surface area contributed by atoms with Crippen LogP contribution in [0.15, 0.2) is 42.6 Å². The smallest absolute Gasteiger partial charge is 0.414 e. The van der Waals surface area contributed by atoms with Crippen molar-refractivity contribution in [3.8, 4) is 17.4 Å². The standard InChI is InChI=1S/C25H27N5O5/c1-32-23-5-3-19-24(27-23)20(6-7-26-19)29-10-8-28(9-11-29)15-18-16-30(25(31)35-18)17-2-4-21-22(14-17)34-13-12-33-21/h2-7,14,18H,8-13,15-16H2,1H3/t18-/m0/s1. The number of aromatic nitrogens is 2. The van der Waals surface area contributed by atoms with E-state index in [1.807, 2.05) is 42.6 Å². The zero-order valence-electron chi connectivity index (χ0n) is 19.6. The Labute approximate surface area is 203 Å². The van der Waals surface area contributed by atoms with Crippen molar-refractivity contribution in [2.45, 2.75) is 6.10 Å². The molecule has 1 atom stereocenters. The van der Waals surface area contributed by atoms with E-state index >= 15 is 0 Å². The molecule has 2 fully saturated rings. The number of pyridine rings is 2. The number of hydrogen-bond donors (Lipinski definition) is 0. The van der Waals surface area contributed by atoms with Gasteiger partial charge < -0.3 is 23.8 Å². The summed E-state index contributed by atoms with van der Waals surface area (Å²) in [5, 5.41) is 0. The number of carbonyl (C=O) groups is 1. The number of methoxy groups -OCH3 is 1. The first-order chi connectivity index (χ1) is 17.2. The van der Waals surface area contributed by atoms with Gasteiger partial charge in [-0.1, -0.05) is 0 Å². The summed E-state index contributed by atoms with van der Waals surface area (Å²) in [6, 6.07) is 11.3. The molecule has 1 aromatic carbocycles. The molecule has 3 aromatic rings. The number of ether oxygens (including phenoxy) is 4. The van der Waals surface area contributed by atoms with Gasteiger partial charge in [0, 0.05) is 51.1 Å². The van der Waals surface area contributed by atoms with Gasteiger partial charge in [0.05, 0.1) is 30.5 Å². The monoisotopic (exact) mass is 477 g/mol. The van der Waals surface area contributed by atoms with Crippen LogP contribution in [0.25, 0.3) is 11.0 Å². The molecule has 0 unspecified atom stereocenters. The van der Waals surface area contributed by atoms with E-state index in [-0.39, 0.29) is 12.2 Å². The molecule has 0 saturated carbocycles. The number of amides is 1. The third-order valence-electron chi connectivity index (χ3n) is 6.63. The third-order valence-corrected chi connectivity index (χ3v) is 6.63. The normalized spacial score (nSPS) is 20.3. The molecule has 0 aliphatic carbocycles. The Morgan fingerprint density at radius 3 is 2.69 bits per heavy atom. The van der Waals surface area contributed by atoms with Crippen LogP contribution in [-0.4, -0.2) is 86.7 Å². The van der Waals surface area contributed by atoms with E-state index in [1.165, 1.54) is 0 Å². The molecule has 0 bridgehead atoms. The fraction of sp³-hybridized carbons (Fsp3) is 0.400. The maximum atomic E-state index is 12.6. The van der Waals surface area contributed by atoms with Crippen molar-refractivity contribution in [1.82, 2.24) is 14.9 Å². The lowest BCUT2D eigenvalue weighted by Crippen LogP contribution is -2.49. The second-order valence-electron chi connectivity index (χ2n) is 8.78. The maximum Gasteiger partial charge on any atom is 0.414 e. The van der Waals surface area contributed by atoms with Gasteiger partial charge in [-0.05, 0) is 24.3 Å². The molecule has 35 heavy (non-hydrogen) atoms. The second-order valence-corrected chi connectivity index (χ2v) is 8.78. The van der Waals surface area contributed by atoms with E-state index in [2.05, 4.69) is 19.8 Å². The molecule has 10 nitrogen and oxygen atoms in total. The van der Waals surface area contributed by atoms with E-state index in [1.54, 1.807) is 12.0 Å². The summed E-state index contributed by atoms with van der Waals surface area (Å²) >= 11 is 0. The third kappa shape index (κ3) is 4.25. The zero-order valence-corrected chi connectivity index (χ0v) is 19.6. The van der Waals surface area contributed by atoms with Crippen LogP contribution in [0.1, 0.15) is 0 Å². The van der Waals surface area contributed by atoms with Gasteiger partial charge in [0.1, 0.15) is 24.8 Å². The first kappa shape index (κ1) is 21.7. The van der Waals surface area contributed by atoms with Gasteiger partial charge in [-0.3, -0.25) is 14.8 Å². The number of piperazine rings is 1. The summed E-state index contributed by atoms with van der Waals surface area (Å²) in [6.07, 6.45) is 1.31. The molecule has 5 heterocycles. The van der Waals surface area contributed by atoms with Gasteiger partial charge in [0.2, 0.25) is 5.88 Å². The van der Waals surface area contributed by atoms with Crippen molar-refractivity contribution < 1.29 is 23.7 Å². The molecule has 2 saturated heterocycles. The molecular formula is C25H27N5O5. The van der Waals surface area contributed by atoms with Crippen molar-refractivity contribution in [3.05, 3.63) is 42.6 Å². The summed E-state index contributed by atoms with van der Waals surface area (Å²) in [7, 11) is 1.62. The minimum atomic E-state index is -0.325. The maximum absolute atomic E-state index is 12.6. The number of benzene rings is 1. The first-order valence-corrected chi connectivity index (χ1v) is 11.8. The first-order valence-electron chi connectivity index (χ1n) is 11.8. The van der Waals surface area contributed by atoms with Gasteiger partial charge in [-0.15, -0.1) is 0 Å². The van der Waals surface area contributed by atoms with Crippen molar-refractivity contribution in [2.75, 3.05) is 69.4 Å². The minimum absolute atomic E-state index is 0.185. The van der Waals surface area contributed by atoms with E-state index in [0.717, 1.165) is 48.6 Å². The highest BCUT2D eigenvalue weighted by molar-refractivity contribution is 5.90. The van der Waals surface area contributed by atoms with E-state index in [9.17, 15) is 4.79 Å². The number of anilines is 2. The highest BCUT2D eigenvalue weighted by Gasteiger charge is 2.35. The van der Waals surface area contributed by atoms with Gasteiger partial charge in [0.25, 0.3) is 0 Å². The highest BCUT2D eigenvalue weighted by atomic mass is 16.6. The predicted octanol–water partition coefficient (Wildman–Crippen LogP) is 2.56. The van der Waals surface area contributed by atoms with Crippen molar-refractivity contribution in [2.24, 2.45) is 0 Å². The molecule has 10 heteroatoms. The van der Waals surface area contributed by atoms with Crippen LogP contribution in [0.5, 0.6) is 17.4 Å². The molecule has 0 radical (unpaired) electrons. The molecule has 0 spiro atoms. The number of fused-ring (bicyclic) bond motifs is 2. The predicted molar refractivity (Wildman–Crippen MR) is 130 cm³/mol. The summed E-state index contributed by atoms with van der Waals surface area (Å²) in [4.78, 5) is 28.0. The summed E-state index contributed by atoms with van der Waals surface area (Å²) < 4.78 is 22.2. The van der Waals surface area contributed by atoms with E-state index in [4.69, 9.17) is 18.9 Å². The number of carbonyl (C=O) groups excluding carboxylic acids is 1. The second kappa shape index (κ2) is 9.10. The minimum Gasteiger partial charge on any atom is -0.486 e. The molecule has 3 aliphatic rings. The summed E-state index contributed by atoms with van der Waals surface area (Å²) in [6.45, 7) is 5.69. The lowest BCUT2D eigenvalue weighted by Gasteiger charge is -2.36. The quantitative estimate of drug-likeness (QED) is 0.550. The van der Waals surface area contributed by atoms with Crippen molar-refractivity contribution in [1.29, 1.82) is 0 Å². The van der Waals surface area contributed by atoms with Gasteiger partial charge >= 0.3 is 6.09 Å². The molecule has 2 aromatic heterocycles. The van der Waals surface area contributed by atoms with Crippen LogP contribution in [0.4, 0.5) is 16.2 Å². The van der Waals surface area contributed by atoms with Crippen LogP contribution in [0, 0.1) is 0 Å². The molecule has 182 valence electrons. The lowest BCUT2D eigenvalue weighted by atomic mass is 10.2. The Balaban J connectivity index is 1.08. The Kier molecular flexibility index (Phi) is 5.65. The van der Waals surface area contributed by atoms with Crippen LogP contribution in [0.2, 0.25) is 0 Å². The van der Waals surface area contributed by atoms with Crippen LogP contribution < -0.4 is 24.0 Å². The number of hydrogen-bond acceptors (Lipinski definition) is 9. The average Bonchev–Trinajstić information content (AvgIpc) is 3.27. The Bertz CT molecular complexity index is 1250. The molecule has 0 N–H and O–H groups in total. The fourth-order valence-electron chi connectivity index (χ4n) is 4.85. The van der Waals surface area contributed by atoms with Crippen molar-refractivity contribution >= 4 is 28.5 Å². The summed E-state index contributed by atoms with van der Waals surface area (Å²) in [5.41, 5.74) is 3.52. The molecular weight excluding hydrogens is 450 g/mol. The van der Waals surface area contributed by atoms with Crippen LogP contribution >= 0.6 is 0 Å². The summed E-state index contributed by atoms with van der Waals surface area (Å²) in [5.74, 6) is 1.95. The molecule has 6 rings (SSSR count). The Morgan fingerprint density at radius 1 is 1.03 bits per heavy atom. The Morgan fingerprint density at radius 2 is 1.86 bits per heavy atom. The Hall–Kier alpha value is -3.79. The topological polar surface area (TPSA) is 89.5 Å². The van der Waals surface area contributed by atoms with Crippen LogP contribution in [-0.2, 0) is 4.74 Å². The largest absolute Gasteiger partial charge is 0.486 e. The number of nitrogens with zero attached hydrogens (tertiary/aromatic N) is 5. The fourth-order valence-corrected chi connectivity index (χ4v) is 4.85. The average molecular weight is 478 g/mol.